The number of anilines is 1. The second-order valence-electron chi connectivity index (χ2n) is 10.8. The highest BCUT2D eigenvalue weighted by atomic mass is 32.2. The summed E-state index contributed by atoms with van der Waals surface area (Å²) in [6.45, 7) is 13.2. The van der Waals surface area contributed by atoms with Gasteiger partial charge in [0.15, 0.2) is 9.84 Å². The molecule has 0 bridgehead atoms. The molecule has 2 N–H and O–H groups in total. The molecule has 1 aromatic rings. The Morgan fingerprint density at radius 3 is 2.45 bits per heavy atom. The molecule has 1 aromatic carbocycles. The lowest BCUT2D eigenvalue weighted by molar-refractivity contribution is 0.406. The normalized spacial score (nSPS) is 15.8. The van der Waals surface area contributed by atoms with Crippen LogP contribution in [0.4, 0.5) is 10.1 Å². The van der Waals surface area contributed by atoms with Gasteiger partial charge in [-0.1, -0.05) is 40.2 Å². The van der Waals surface area contributed by atoms with E-state index in [0.29, 0.717) is 29.3 Å². The number of methoxy groups -OCH3 is 1. The highest BCUT2D eigenvalue weighted by Crippen LogP contribution is 2.36. The highest BCUT2D eigenvalue weighted by Gasteiger charge is 2.31. The first-order valence-corrected chi connectivity index (χ1v) is 15.1. The van der Waals surface area contributed by atoms with Crippen LogP contribution in [-0.2, 0) is 14.6 Å². The molecule has 0 aromatic heterocycles. The van der Waals surface area contributed by atoms with Gasteiger partial charge in [-0.2, -0.15) is 0 Å². The SMILES string of the molecule is CCC(=N)C(C)(C)CS(=O)(=O)CC(C)c1cc(NC(=C2CC2)/C(C)=C/N=C(C=C(C)CC)OC)ccc1F. The second-order valence-corrected chi connectivity index (χ2v) is 12.9. The number of hydrogen-bond donors (Lipinski definition) is 2. The van der Waals surface area contributed by atoms with Crippen LogP contribution >= 0.6 is 0 Å². The van der Waals surface area contributed by atoms with Gasteiger partial charge in [0, 0.05) is 28.7 Å². The van der Waals surface area contributed by atoms with Crippen LogP contribution in [0.2, 0.25) is 0 Å². The summed E-state index contributed by atoms with van der Waals surface area (Å²) in [6, 6.07) is 4.74. The van der Waals surface area contributed by atoms with Crippen molar-refractivity contribution in [3.05, 3.63) is 64.3 Å². The third-order valence-electron chi connectivity index (χ3n) is 6.82. The Morgan fingerprint density at radius 1 is 1.24 bits per heavy atom. The van der Waals surface area contributed by atoms with Crippen molar-refractivity contribution in [1.82, 2.24) is 0 Å². The van der Waals surface area contributed by atoms with Crippen LogP contribution in [0.1, 0.15) is 85.6 Å². The molecule has 0 saturated heterocycles. The zero-order chi connectivity index (χ0) is 28.7. The van der Waals surface area contributed by atoms with Gasteiger partial charge < -0.3 is 15.5 Å². The Hall–Kier alpha value is -2.74. The van der Waals surface area contributed by atoms with Crippen LogP contribution in [0.3, 0.4) is 0 Å². The smallest absolute Gasteiger partial charge is 0.212 e. The molecule has 0 amide bonds. The first-order valence-electron chi connectivity index (χ1n) is 13.3. The molecule has 1 aliphatic carbocycles. The van der Waals surface area contributed by atoms with Gasteiger partial charge in [0.25, 0.3) is 0 Å². The van der Waals surface area contributed by atoms with Crippen molar-refractivity contribution < 1.29 is 17.5 Å². The van der Waals surface area contributed by atoms with Crippen LogP contribution in [0.15, 0.2) is 57.9 Å². The monoisotopic (exact) mass is 545 g/mol. The van der Waals surface area contributed by atoms with Crippen molar-refractivity contribution in [2.75, 3.05) is 23.9 Å². The number of rotatable bonds is 13. The first-order chi connectivity index (χ1) is 17.7. The summed E-state index contributed by atoms with van der Waals surface area (Å²) in [6.07, 6.45) is 7.05. The molecule has 0 heterocycles. The Labute approximate surface area is 228 Å². The lowest BCUT2D eigenvalue weighted by Gasteiger charge is -2.26. The maximum atomic E-state index is 14.8. The van der Waals surface area contributed by atoms with E-state index in [2.05, 4.69) is 17.2 Å². The van der Waals surface area contributed by atoms with Crippen molar-refractivity contribution >= 4 is 27.1 Å². The van der Waals surface area contributed by atoms with Gasteiger partial charge in [0.1, 0.15) is 5.82 Å². The molecule has 1 fully saturated rings. The average Bonchev–Trinajstić information content (AvgIpc) is 3.69. The molecule has 1 atom stereocenters. The predicted molar refractivity (Wildman–Crippen MR) is 157 cm³/mol. The largest absolute Gasteiger partial charge is 0.481 e. The van der Waals surface area contributed by atoms with E-state index >= 15 is 0 Å². The van der Waals surface area contributed by atoms with E-state index in [1.165, 1.54) is 11.6 Å². The van der Waals surface area contributed by atoms with E-state index in [-0.39, 0.29) is 11.5 Å². The molecular formula is C30H44FN3O3S. The Balaban J connectivity index is 2.27. The number of aliphatic imine (C=N–C) groups is 1. The van der Waals surface area contributed by atoms with Crippen molar-refractivity contribution in [2.24, 2.45) is 10.4 Å². The lowest BCUT2D eigenvalue weighted by Crippen LogP contribution is -2.33. The number of nitrogens with one attached hydrogen (secondary N) is 2. The summed E-state index contributed by atoms with van der Waals surface area (Å²) in [5.74, 6) is -0.753. The molecule has 210 valence electrons. The average molecular weight is 546 g/mol. The van der Waals surface area contributed by atoms with Gasteiger partial charge in [-0.05, 0) is 86.4 Å². The number of ether oxygens (including phenoxy) is 1. The van der Waals surface area contributed by atoms with Crippen LogP contribution in [0, 0.1) is 16.6 Å². The number of hydrogen-bond acceptors (Lipinski definition) is 6. The van der Waals surface area contributed by atoms with Crippen molar-refractivity contribution in [3.8, 4) is 0 Å². The quantitative estimate of drug-likeness (QED) is 0.198. The van der Waals surface area contributed by atoms with E-state index in [4.69, 9.17) is 10.1 Å². The summed E-state index contributed by atoms with van der Waals surface area (Å²) in [5, 5.41) is 11.5. The molecule has 0 aliphatic heterocycles. The summed E-state index contributed by atoms with van der Waals surface area (Å²) < 4.78 is 46.2. The van der Waals surface area contributed by atoms with Crippen LogP contribution in [0.25, 0.3) is 0 Å². The van der Waals surface area contributed by atoms with E-state index in [1.807, 2.05) is 26.8 Å². The fourth-order valence-corrected chi connectivity index (χ4v) is 6.59. The van der Waals surface area contributed by atoms with Gasteiger partial charge in [0.2, 0.25) is 5.90 Å². The van der Waals surface area contributed by atoms with Crippen LogP contribution in [0.5, 0.6) is 0 Å². The number of sulfone groups is 1. The minimum atomic E-state index is -3.52. The van der Waals surface area contributed by atoms with E-state index in [1.54, 1.807) is 46.2 Å². The zero-order valence-electron chi connectivity index (χ0n) is 24.2. The van der Waals surface area contributed by atoms with E-state index in [9.17, 15) is 12.8 Å². The summed E-state index contributed by atoms with van der Waals surface area (Å²) >= 11 is 0. The van der Waals surface area contributed by atoms with Gasteiger partial charge in [0.05, 0.1) is 18.6 Å². The molecule has 0 spiro atoms. The minimum Gasteiger partial charge on any atom is -0.481 e. The van der Waals surface area contributed by atoms with Gasteiger partial charge in [-0.15, -0.1) is 0 Å². The molecule has 1 saturated carbocycles. The molecule has 38 heavy (non-hydrogen) atoms. The Kier molecular flexibility index (Phi) is 11.1. The Morgan fingerprint density at radius 2 is 1.89 bits per heavy atom. The van der Waals surface area contributed by atoms with Gasteiger partial charge in [-0.25, -0.2) is 17.8 Å². The molecule has 2 rings (SSSR count). The van der Waals surface area contributed by atoms with Crippen molar-refractivity contribution in [1.29, 1.82) is 5.41 Å². The number of halogens is 1. The fraction of sp³-hybridized carbons (Fsp3) is 0.533. The van der Waals surface area contributed by atoms with E-state index < -0.39 is 27.0 Å². The van der Waals surface area contributed by atoms with Crippen molar-refractivity contribution in [3.63, 3.8) is 0 Å². The zero-order valence-corrected chi connectivity index (χ0v) is 25.0. The maximum absolute atomic E-state index is 14.8. The summed E-state index contributed by atoms with van der Waals surface area (Å²) in [5.41, 5.74) is 4.99. The number of allylic oxidation sites excluding steroid dienone is 3. The molecule has 0 radical (unpaired) electrons. The maximum Gasteiger partial charge on any atom is 0.212 e. The molecule has 1 unspecified atom stereocenters. The predicted octanol–water partition coefficient (Wildman–Crippen LogP) is 7.56. The number of nitrogens with zero attached hydrogens (tertiary/aromatic N) is 1. The van der Waals surface area contributed by atoms with Crippen LogP contribution in [-0.4, -0.2) is 38.6 Å². The molecule has 1 aliphatic rings. The van der Waals surface area contributed by atoms with Gasteiger partial charge >= 0.3 is 0 Å². The Bertz CT molecular complexity index is 1250. The fourth-order valence-electron chi connectivity index (χ4n) is 4.25. The first kappa shape index (κ1) is 31.5. The summed E-state index contributed by atoms with van der Waals surface area (Å²) in [4.78, 5) is 4.49. The molecule has 6 nitrogen and oxygen atoms in total. The van der Waals surface area contributed by atoms with Gasteiger partial charge in [-0.3, -0.25) is 0 Å². The number of benzene rings is 1. The highest BCUT2D eigenvalue weighted by molar-refractivity contribution is 7.91. The molecular weight excluding hydrogens is 501 g/mol. The van der Waals surface area contributed by atoms with E-state index in [0.717, 1.165) is 36.1 Å². The lowest BCUT2D eigenvalue weighted by atomic mass is 9.88. The second kappa shape index (κ2) is 13.4. The standard InChI is InChI=1S/C30H44FN3O3S/c1-9-20(3)15-28(37-8)33-17-21(4)29(23-11-12-23)34-24-13-14-26(31)25(16-24)22(5)18-38(35,36)19-30(6,7)27(32)10-2/h13-17,22,32,34H,9-12,18-19H2,1-8H3/b20-15?,21-17+,32-27?,33-28?. The topological polar surface area (TPSA) is 91.6 Å². The minimum absolute atomic E-state index is 0.131. The third kappa shape index (κ3) is 9.22. The van der Waals surface area contributed by atoms with Crippen LogP contribution < -0.4 is 5.32 Å². The molecule has 8 heteroatoms. The van der Waals surface area contributed by atoms with Crippen molar-refractivity contribution in [2.45, 2.75) is 80.1 Å². The third-order valence-corrected chi connectivity index (χ3v) is 8.99. The summed E-state index contributed by atoms with van der Waals surface area (Å²) in [7, 11) is -1.92.